The number of halogens is 1. The largest absolute Gasteiger partial charge is 0.387 e. The normalized spacial score (nSPS) is 22.9. The van der Waals surface area contributed by atoms with Crippen molar-refractivity contribution in [1.29, 1.82) is 0 Å². The third kappa shape index (κ3) is 10.2. The molecule has 1 unspecified atom stereocenters. The molecule has 10 heteroatoms. The zero-order valence-electron chi connectivity index (χ0n) is 20.8. The van der Waals surface area contributed by atoms with Crippen molar-refractivity contribution in [1.82, 2.24) is 14.9 Å². The molecule has 1 fully saturated rings. The zero-order valence-corrected chi connectivity index (χ0v) is 22.4. The van der Waals surface area contributed by atoms with E-state index in [4.69, 9.17) is 4.74 Å². The van der Waals surface area contributed by atoms with Crippen LogP contribution < -0.4 is 16.6 Å². The molecule has 0 radical (unpaired) electrons. The first kappa shape index (κ1) is 29.7. The first-order valence-corrected chi connectivity index (χ1v) is 14.0. The predicted octanol–water partition coefficient (Wildman–Crippen LogP) is 3.13. The molecule has 35 heavy (non-hydrogen) atoms. The maximum absolute atomic E-state index is 12.4. The molecule has 1 aliphatic heterocycles. The summed E-state index contributed by atoms with van der Waals surface area (Å²) >= 11 is 3.43. The number of nitrogens with one attached hydrogen (secondary N) is 2. The Morgan fingerprint density at radius 2 is 1.60 bits per heavy atom. The van der Waals surface area contributed by atoms with Gasteiger partial charge >= 0.3 is 5.69 Å². The molecule has 2 rings (SSSR count). The van der Waals surface area contributed by atoms with E-state index < -0.39 is 35.8 Å². The Hall–Kier alpha value is -1.49. The highest BCUT2D eigenvalue weighted by atomic mass is 79.9. The van der Waals surface area contributed by atoms with E-state index in [9.17, 15) is 24.6 Å². The molecule has 0 aliphatic carbocycles. The van der Waals surface area contributed by atoms with Crippen molar-refractivity contribution < 1.29 is 19.7 Å². The molecule has 1 aliphatic rings. The number of unbranched alkanes of at least 4 members (excludes halogenated alkanes) is 11. The van der Waals surface area contributed by atoms with E-state index in [0.717, 1.165) is 29.9 Å². The first-order valence-electron chi connectivity index (χ1n) is 13.1. The molecule has 0 bridgehead atoms. The highest BCUT2D eigenvalue weighted by Gasteiger charge is 2.44. The van der Waals surface area contributed by atoms with Gasteiger partial charge in [-0.25, -0.2) is 4.79 Å². The van der Waals surface area contributed by atoms with E-state index in [1.807, 2.05) is 0 Å². The van der Waals surface area contributed by atoms with Gasteiger partial charge in [-0.2, -0.15) is 0 Å². The summed E-state index contributed by atoms with van der Waals surface area (Å²) in [4.78, 5) is 37.3. The summed E-state index contributed by atoms with van der Waals surface area (Å²) in [5.74, 6) is -0.206. The van der Waals surface area contributed by atoms with Gasteiger partial charge in [-0.3, -0.25) is 19.1 Å². The van der Waals surface area contributed by atoms with Crippen LogP contribution in [0.2, 0.25) is 0 Å². The van der Waals surface area contributed by atoms with Crippen LogP contribution >= 0.6 is 15.9 Å². The van der Waals surface area contributed by atoms with Crippen LogP contribution in [0.25, 0.3) is 0 Å². The van der Waals surface area contributed by atoms with Crippen LogP contribution in [0.15, 0.2) is 21.9 Å². The fraction of sp³-hybridized carbons (Fsp3) is 0.800. The Bertz CT molecular complexity index is 860. The Balaban J connectivity index is 1.58. The van der Waals surface area contributed by atoms with Crippen molar-refractivity contribution in [3.63, 3.8) is 0 Å². The molecule has 0 saturated carbocycles. The number of aliphatic hydroxyl groups excluding tert-OH is 2. The molecule has 1 aromatic rings. The van der Waals surface area contributed by atoms with Gasteiger partial charge in [0.2, 0.25) is 5.91 Å². The van der Waals surface area contributed by atoms with Crippen LogP contribution in [-0.4, -0.2) is 55.4 Å². The zero-order chi connectivity index (χ0) is 25.6. The number of amides is 1. The highest BCUT2D eigenvalue weighted by molar-refractivity contribution is 9.10. The van der Waals surface area contributed by atoms with Gasteiger partial charge in [-0.15, -0.1) is 0 Å². The number of aliphatic hydroxyl groups is 2. The Morgan fingerprint density at radius 3 is 2.17 bits per heavy atom. The van der Waals surface area contributed by atoms with Crippen molar-refractivity contribution in [2.45, 2.75) is 120 Å². The minimum Gasteiger partial charge on any atom is -0.387 e. The van der Waals surface area contributed by atoms with E-state index in [2.05, 4.69) is 33.2 Å². The lowest BCUT2D eigenvalue weighted by Gasteiger charge is -2.17. The quantitative estimate of drug-likeness (QED) is 0.171. The second kappa shape index (κ2) is 16.3. The van der Waals surface area contributed by atoms with Crippen LogP contribution in [0, 0.1) is 0 Å². The minimum atomic E-state index is -1.37. The SMILES string of the molecule is CCCCCCCCCCCCCCC(Br)C(=O)NC[C@H]1O[C@@H](n2ccc(=O)[nH]c2=O)[C@@H](O)[C@@H]1O. The van der Waals surface area contributed by atoms with E-state index in [1.165, 1.54) is 70.4 Å². The average molecular weight is 561 g/mol. The number of H-pyrrole nitrogens is 1. The molecule has 1 amide bonds. The second-order valence-electron chi connectivity index (χ2n) is 9.45. The number of alkyl halides is 1. The molecule has 4 N–H and O–H groups in total. The van der Waals surface area contributed by atoms with Gasteiger partial charge in [0.15, 0.2) is 6.23 Å². The van der Waals surface area contributed by atoms with Gasteiger partial charge in [0.25, 0.3) is 5.56 Å². The van der Waals surface area contributed by atoms with Crippen molar-refractivity contribution >= 4 is 21.8 Å². The third-order valence-corrected chi connectivity index (χ3v) is 7.41. The topological polar surface area (TPSA) is 134 Å². The van der Waals surface area contributed by atoms with Gasteiger partial charge in [-0.1, -0.05) is 99.9 Å². The fourth-order valence-electron chi connectivity index (χ4n) is 4.36. The highest BCUT2D eigenvalue weighted by Crippen LogP contribution is 2.28. The summed E-state index contributed by atoms with van der Waals surface area (Å²) in [6.07, 6.45) is 12.4. The summed E-state index contributed by atoms with van der Waals surface area (Å²) in [5, 5.41) is 23.3. The maximum Gasteiger partial charge on any atom is 0.330 e. The molecule has 1 aromatic heterocycles. The third-order valence-electron chi connectivity index (χ3n) is 6.54. The summed E-state index contributed by atoms with van der Waals surface area (Å²) < 4.78 is 6.62. The smallest absolute Gasteiger partial charge is 0.330 e. The first-order chi connectivity index (χ1) is 16.8. The molecule has 2 heterocycles. The molecule has 200 valence electrons. The van der Waals surface area contributed by atoms with Crippen LogP contribution in [0.1, 0.15) is 96.6 Å². The maximum atomic E-state index is 12.4. The Kier molecular flexibility index (Phi) is 13.8. The molecule has 0 spiro atoms. The van der Waals surface area contributed by atoms with Gasteiger partial charge in [0.1, 0.15) is 18.3 Å². The lowest BCUT2D eigenvalue weighted by molar-refractivity contribution is -0.121. The number of carbonyl (C=O) groups excluding carboxylic acids is 1. The van der Waals surface area contributed by atoms with Crippen molar-refractivity contribution in [2.24, 2.45) is 0 Å². The molecular formula is C25H42BrN3O6. The lowest BCUT2D eigenvalue weighted by atomic mass is 10.0. The Labute approximate surface area is 215 Å². The van der Waals surface area contributed by atoms with Crippen LogP contribution in [0.4, 0.5) is 0 Å². The molecular weight excluding hydrogens is 518 g/mol. The number of aromatic nitrogens is 2. The number of hydrogen-bond acceptors (Lipinski definition) is 6. The van der Waals surface area contributed by atoms with E-state index in [1.54, 1.807) is 0 Å². The standard InChI is InChI=1S/C25H42BrN3O6/c1-2-3-4-5-6-7-8-9-10-11-12-13-14-18(26)23(33)27-17-19-21(31)22(32)24(35-19)29-16-15-20(30)28-25(29)34/h15-16,18-19,21-22,24,31-32H,2-14,17H2,1H3,(H,27,33)(H,28,30,34)/t18?,19-,21-,22+,24-/m1/s1. The van der Waals surface area contributed by atoms with Crippen LogP contribution in [0.5, 0.6) is 0 Å². The number of hydrogen-bond donors (Lipinski definition) is 4. The summed E-state index contributed by atoms with van der Waals surface area (Å²) in [6, 6.07) is 1.13. The van der Waals surface area contributed by atoms with E-state index >= 15 is 0 Å². The lowest BCUT2D eigenvalue weighted by Crippen LogP contribution is -2.42. The van der Waals surface area contributed by atoms with Gasteiger partial charge in [0.05, 0.1) is 4.83 Å². The minimum absolute atomic E-state index is 0.00773. The van der Waals surface area contributed by atoms with E-state index in [-0.39, 0.29) is 17.3 Å². The number of carbonyl (C=O) groups is 1. The van der Waals surface area contributed by atoms with Crippen molar-refractivity contribution in [2.75, 3.05) is 6.54 Å². The number of rotatable bonds is 17. The summed E-state index contributed by atoms with van der Waals surface area (Å²) in [7, 11) is 0. The van der Waals surface area contributed by atoms with E-state index in [0.29, 0.717) is 0 Å². The van der Waals surface area contributed by atoms with Gasteiger partial charge in [-0.05, 0) is 6.42 Å². The molecule has 1 saturated heterocycles. The Morgan fingerprint density at radius 1 is 1.03 bits per heavy atom. The van der Waals surface area contributed by atoms with Gasteiger partial charge < -0.3 is 20.3 Å². The second-order valence-corrected chi connectivity index (χ2v) is 10.6. The molecule has 0 aromatic carbocycles. The van der Waals surface area contributed by atoms with Crippen LogP contribution in [0.3, 0.4) is 0 Å². The van der Waals surface area contributed by atoms with Crippen LogP contribution in [-0.2, 0) is 9.53 Å². The average Bonchev–Trinajstić information content (AvgIpc) is 3.11. The predicted molar refractivity (Wildman–Crippen MR) is 139 cm³/mol. The summed E-state index contributed by atoms with van der Waals surface area (Å²) in [6.45, 7) is 2.23. The van der Waals surface area contributed by atoms with Crippen molar-refractivity contribution in [3.8, 4) is 0 Å². The number of ether oxygens (including phenoxy) is 1. The summed E-state index contributed by atoms with van der Waals surface area (Å²) in [5.41, 5.74) is -1.32. The number of nitrogens with zero attached hydrogens (tertiary/aromatic N) is 1. The monoisotopic (exact) mass is 559 g/mol. The van der Waals surface area contributed by atoms with Crippen molar-refractivity contribution in [3.05, 3.63) is 33.1 Å². The molecule has 9 nitrogen and oxygen atoms in total. The van der Waals surface area contributed by atoms with Gasteiger partial charge in [0, 0.05) is 18.8 Å². The number of aromatic amines is 1. The fourth-order valence-corrected chi connectivity index (χ4v) is 4.85. The molecule has 5 atom stereocenters.